The molecule has 98 valence electrons. The summed E-state index contributed by atoms with van der Waals surface area (Å²) in [7, 11) is 0. The molecule has 7 heteroatoms. The van der Waals surface area contributed by atoms with Crippen molar-refractivity contribution in [2.75, 3.05) is 57.7 Å². The van der Waals surface area contributed by atoms with Gasteiger partial charge in [0.15, 0.2) is 0 Å². The minimum absolute atomic E-state index is 0.212. The molecule has 0 N–H and O–H groups in total. The molecule has 4 nitrogen and oxygen atoms in total. The van der Waals surface area contributed by atoms with Gasteiger partial charge >= 0.3 is 0 Å². The summed E-state index contributed by atoms with van der Waals surface area (Å²) in [5, 5.41) is 0. The first kappa shape index (κ1) is 16.7. The Hall–Kier alpha value is 0.710. The number of hydrogen-bond acceptors (Lipinski definition) is 4. The molecule has 0 radical (unpaired) electrons. The third-order valence-electron chi connectivity index (χ3n) is 1.89. The molecule has 0 bridgehead atoms. The fraction of sp³-hybridized carbons (Fsp3) is 1.00. The third-order valence-corrected chi connectivity index (χ3v) is 2.35. The van der Waals surface area contributed by atoms with Gasteiger partial charge in [-0.1, -0.05) is 34.8 Å². The Morgan fingerprint density at radius 3 is 1.19 bits per heavy atom. The van der Waals surface area contributed by atoms with Crippen LogP contribution in [0, 0.1) is 0 Å². The van der Waals surface area contributed by atoms with Crippen molar-refractivity contribution < 1.29 is 14.2 Å². The van der Waals surface area contributed by atoms with Crippen molar-refractivity contribution in [3.63, 3.8) is 0 Å². The zero-order chi connectivity index (χ0) is 12.1. The Labute approximate surface area is 112 Å². The molecule has 0 aromatic heterocycles. The predicted octanol–water partition coefficient (Wildman–Crippen LogP) is 1.93. The van der Waals surface area contributed by atoms with Gasteiger partial charge in [-0.25, -0.2) is 0 Å². The maximum atomic E-state index is 5.41. The SMILES string of the molecule is ClCOCCN(CCOCCl)CCOCCl. The number of rotatable bonds is 12. The van der Waals surface area contributed by atoms with Crippen LogP contribution in [0.1, 0.15) is 0 Å². The van der Waals surface area contributed by atoms with Crippen molar-refractivity contribution in [2.24, 2.45) is 0 Å². The molecular formula is C9H18Cl3NO3. The molecule has 0 aliphatic rings. The number of alkyl halides is 3. The van der Waals surface area contributed by atoms with E-state index >= 15 is 0 Å². The Morgan fingerprint density at radius 2 is 0.938 bits per heavy atom. The van der Waals surface area contributed by atoms with Crippen molar-refractivity contribution in [2.45, 2.75) is 0 Å². The highest BCUT2D eigenvalue weighted by atomic mass is 35.5. The molecule has 0 fully saturated rings. The first-order chi connectivity index (χ1) is 7.85. The number of hydrogen-bond donors (Lipinski definition) is 0. The first-order valence-electron chi connectivity index (χ1n) is 4.98. The van der Waals surface area contributed by atoms with Crippen LogP contribution in [0.3, 0.4) is 0 Å². The van der Waals surface area contributed by atoms with Crippen LogP contribution in [0.2, 0.25) is 0 Å². The van der Waals surface area contributed by atoms with Gasteiger partial charge in [0.1, 0.15) is 18.2 Å². The monoisotopic (exact) mass is 293 g/mol. The fourth-order valence-electron chi connectivity index (χ4n) is 1.08. The smallest absolute Gasteiger partial charge is 0.120 e. The van der Waals surface area contributed by atoms with E-state index in [1.54, 1.807) is 0 Å². The molecule has 0 rings (SSSR count). The lowest BCUT2D eigenvalue weighted by atomic mass is 10.4. The first-order valence-corrected chi connectivity index (χ1v) is 6.59. The van der Waals surface area contributed by atoms with Crippen LogP contribution in [0.4, 0.5) is 0 Å². The summed E-state index contributed by atoms with van der Waals surface area (Å²) >= 11 is 16.2. The molecule has 0 atom stereocenters. The second-order valence-corrected chi connectivity index (χ2v) is 3.55. The van der Waals surface area contributed by atoms with Gasteiger partial charge in [0.2, 0.25) is 0 Å². The number of nitrogens with zero attached hydrogens (tertiary/aromatic N) is 1. The van der Waals surface area contributed by atoms with Crippen LogP contribution < -0.4 is 0 Å². The van der Waals surface area contributed by atoms with E-state index in [4.69, 9.17) is 49.0 Å². The van der Waals surface area contributed by atoms with E-state index in [0.717, 1.165) is 19.6 Å². The van der Waals surface area contributed by atoms with Gasteiger partial charge in [-0.2, -0.15) is 0 Å². The molecule has 0 amide bonds. The molecule has 0 saturated heterocycles. The summed E-state index contributed by atoms with van der Waals surface area (Å²) in [6, 6.07) is 0.638. The van der Waals surface area contributed by atoms with Crippen LogP contribution in [-0.4, -0.2) is 62.6 Å². The predicted molar refractivity (Wildman–Crippen MR) is 66.5 cm³/mol. The van der Waals surface area contributed by atoms with E-state index < -0.39 is 0 Å². The number of halogens is 3. The van der Waals surface area contributed by atoms with Gasteiger partial charge in [0.05, 0.1) is 19.8 Å². The second-order valence-electron chi connectivity index (χ2n) is 2.89. The number of ether oxygens (including phenoxy) is 3. The van der Waals surface area contributed by atoms with Gasteiger partial charge in [-0.05, 0) is 0 Å². The molecule has 0 heterocycles. The minimum atomic E-state index is 0.212. The van der Waals surface area contributed by atoms with Crippen LogP contribution >= 0.6 is 34.8 Å². The standard InChI is InChI=1S/C9H18Cl3NO3/c10-7-14-4-1-13(2-5-15-8-11)3-6-16-9-12/h1-9H2. The highest BCUT2D eigenvalue weighted by molar-refractivity contribution is 6.17. The fourth-order valence-corrected chi connectivity index (χ4v) is 1.41. The van der Waals surface area contributed by atoms with Crippen LogP contribution in [-0.2, 0) is 14.2 Å². The van der Waals surface area contributed by atoms with Crippen molar-refractivity contribution in [3.05, 3.63) is 0 Å². The van der Waals surface area contributed by atoms with E-state index in [0.29, 0.717) is 19.8 Å². The van der Waals surface area contributed by atoms with E-state index in [-0.39, 0.29) is 18.2 Å². The van der Waals surface area contributed by atoms with E-state index in [9.17, 15) is 0 Å². The van der Waals surface area contributed by atoms with Gasteiger partial charge < -0.3 is 14.2 Å². The summed E-state index contributed by atoms with van der Waals surface area (Å²) in [6.07, 6.45) is 0. The van der Waals surface area contributed by atoms with Crippen LogP contribution in [0.25, 0.3) is 0 Å². The largest absolute Gasteiger partial charge is 0.364 e. The van der Waals surface area contributed by atoms with E-state index in [1.807, 2.05) is 0 Å². The molecule has 0 aliphatic carbocycles. The quantitative estimate of drug-likeness (QED) is 0.406. The maximum Gasteiger partial charge on any atom is 0.120 e. The van der Waals surface area contributed by atoms with Crippen LogP contribution in [0.15, 0.2) is 0 Å². The Balaban J connectivity index is 3.58. The lowest BCUT2D eigenvalue weighted by molar-refractivity contribution is 0.0788. The molecule has 0 unspecified atom stereocenters. The topological polar surface area (TPSA) is 30.9 Å². The summed E-state index contributed by atoms with van der Waals surface area (Å²) < 4.78 is 15.2. The third kappa shape index (κ3) is 11.2. The molecular weight excluding hydrogens is 276 g/mol. The zero-order valence-corrected chi connectivity index (χ0v) is 11.4. The highest BCUT2D eigenvalue weighted by Gasteiger charge is 2.04. The summed E-state index contributed by atoms with van der Waals surface area (Å²) in [5.41, 5.74) is 0. The second kappa shape index (κ2) is 13.8. The molecule has 0 aromatic carbocycles. The van der Waals surface area contributed by atoms with Crippen molar-refractivity contribution >= 4 is 34.8 Å². The van der Waals surface area contributed by atoms with Gasteiger partial charge in [-0.3, -0.25) is 4.90 Å². The summed E-state index contributed by atoms with van der Waals surface area (Å²) in [4.78, 5) is 2.14. The average Bonchev–Trinajstić information content (AvgIpc) is 2.29. The van der Waals surface area contributed by atoms with Gasteiger partial charge in [0, 0.05) is 19.6 Å². The Kier molecular flexibility index (Phi) is 14.4. The Morgan fingerprint density at radius 1 is 0.625 bits per heavy atom. The summed E-state index contributed by atoms with van der Waals surface area (Å²) in [5.74, 6) is 0. The summed E-state index contributed by atoms with van der Waals surface area (Å²) in [6.45, 7) is 4.11. The Bertz CT molecular complexity index is 119. The molecule has 0 aliphatic heterocycles. The normalized spacial score (nSPS) is 11.2. The van der Waals surface area contributed by atoms with Crippen molar-refractivity contribution in [1.82, 2.24) is 4.90 Å². The molecule has 0 aromatic rings. The van der Waals surface area contributed by atoms with E-state index in [2.05, 4.69) is 4.90 Å². The van der Waals surface area contributed by atoms with Gasteiger partial charge in [-0.15, -0.1) is 0 Å². The lowest BCUT2D eigenvalue weighted by Gasteiger charge is -2.21. The van der Waals surface area contributed by atoms with Crippen LogP contribution in [0.5, 0.6) is 0 Å². The van der Waals surface area contributed by atoms with E-state index in [1.165, 1.54) is 0 Å². The lowest BCUT2D eigenvalue weighted by Crippen LogP contribution is -2.34. The van der Waals surface area contributed by atoms with Crippen molar-refractivity contribution in [1.29, 1.82) is 0 Å². The zero-order valence-electron chi connectivity index (χ0n) is 9.17. The molecule has 0 saturated carbocycles. The molecule has 16 heavy (non-hydrogen) atoms. The molecule has 0 spiro atoms. The average molecular weight is 295 g/mol. The van der Waals surface area contributed by atoms with Crippen molar-refractivity contribution in [3.8, 4) is 0 Å². The highest BCUT2D eigenvalue weighted by Crippen LogP contribution is 1.92. The maximum absolute atomic E-state index is 5.41. The van der Waals surface area contributed by atoms with Gasteiger partial charge in [0.25, 0.3) is 0 Å². The minimum Gasteiger partial charge on any atom is -0.364 e.